The quantitative estimate of drug-likeness (QED) is 0.814. The van der Waals surface area contributed by atoms with Crippen LogP contribution >= 0.6 is 34.5 Å². The third-order valence-corrected chi connectivity index (χ3v) is 5.33. The number of hydrazine groups is 1. The Morgan fingerprint density at radius 2 is 1.90 bits per heavy atom. The van der Waals surface area contributed by atoms with Crippen LogP contribution in [0.2, 0.25) is 8.67 Å². The maximum Gasteiger partial charge on any atom is 0.269 e. The number of benzene rings is 1. The molecule has 10 heteroatoms. The van der Waals surface area contributed by atoms with E-state index in [1.807, 2.05) is 10.3 Å². The fourth-order valence-electron chi connectivity index (χ4n) is 1.39. The number of carbonyl (C=O) groups is 1. The van der Waals surface area contributed by atoms with Crippen LogP contribution in [-0.2, 0) is 10.0 Å². The first-order valence-electron chi connectivity index (χ1n) is 5.33. The highest BCUT2D eigenvalue weighted by atomic mass is 35.5. The second-order valence-corrected chi connectivity index (χ2v) is 7.66. The average Bonchev–Trinajstić information content (AvgIpc) is 2.76. The highest BCUT2D eigenvalue weighted by molar-refractivity contribution is 7.89. The summed E-state index contributed by atoms with van der Waals surface area (Å²) >= 11 is 12.3. The molecule has 0 aliphatic carbocycles. The van der Waals surface area contributed by atoms with Crippen LogP contribution in [0.4, 0.5) is 4.39 Å². The van der Waals surface area contributed by atoms with Crippen LogP contribution in [0.1, 0.15) is 10.4 Å². The fraction of sp³-hybridized carbons (Fsp3) is 0. The van der Waals surface area contributed by atoms with Gasteiger partial charge < -0.3 is 0 Å². The second-order valence-electron chi connectivity index (χ2n) is 3.73. The number of sulfonamides is 1. The summed E-state index contributed by atoms with van der Waals surface area (Å²) in [6.07, 6.45) is 0. The molecule has 1 amide bonds. The predicted octanol–water partition coefficient (Wildman–Crippen LogP) is 2.82. The highest BCUT2D eigenvalue weighted by Gasteiger charge is 2.22. The van der Waals surface area contributed by atoms with Crippen molar-refractivity contribution in [1.29, 1.82) is 0 Å². The molecule has 0 bridgehead atoms. The van der Waals surface area contributed by atoms with Crippen LogP contribution in [0.15, 0.2) is 35.2 Å². The molecule has 0 unspecified atom stereocenters. The lowest BCUT2D eigenvalue weighted by Gasteiger charge is -2.08. The van der Waals surface area contributed by atoms with Gasteiger partial charge in [-0.2, -0.15) is 0 Å². The second kappa shape index (κ2) is 6.29. The van der Waals surface area contributed by atoms with Crippen LogP contribution in [0.3, 0.4) is 0 Å². The zero-order chi connectivity index (χ0) is 15.6. The molecule has 112 valence electrons. The van der Waals surface area contributed by atoms with E-state index in [4.69, 9.17) is 23.2 Å². The third kappa shape index (κ3) is 3.72. The number of amides is 1. The van der Waals surface area contributed by atoms with E-state index in [9.17, 15) is 17.6 Å². The van der Waals surface area contributed by atoms with Crippen molar-refractivity contribution in [2.24, 2.45) is 0 Å². The Morgan fingerprint density at radius 3 is 2.48 bits per heavy atom. The zero-order valence-corrected chi connectivity index (χ0v) is 13.2. The minimum atomic E-state index is -4.10. The number of rotatable bonds is 4. The molecule has 1 aromatic carbocycles. The van der Waals surface area contributed by atoms with Crippen molar-refractivity contribution in [2.75, 3.05) is 0 Å². The monoisotopic (exact) mass is 368 g/mol. The summed E-state index contributed by atoms with van der Waals surface area (Å²) in [7, 11) is -4.10. The maximum absolute atomic E-state index is 13.4. The normalized spacial score (nSPS) is 11.4. The molecule has 0 radical (unpaired) electrons. The molecular weight excluding hydrogens is 362 g/mol. The SMILES string of the molecule is O=C(NNS(=O)(=O)c1cc(Cl)sc1Cl)c1ccccc1F. The maximum atomic E-state index is 13.4. The van der Waals surface area contributed by atoms with Gasteiger partial charge in [-0.3, -0.25) is 10.2 Å². The number of nitrogens with one attached hydrogen (secondary N) is 2. The van der Waals surface area contributed by atoms with Crippen LogP contribution in [0.5, 0.6) is 0 Å². The number of thiophene rings is 1. The van der Waals surface area contributed by atoms with Crippen LogP contribution in [-0.4, -0.2) is 14.3 Å². The van der Waals surface area contributed by atoms with E-state index in [1.54, 1.807) is 0 Å². The number of carbonyl (C=O) groups excluding carboxylic acids is 1. The van der Waals surface area contributed by atoms with E-state index in [-0.39, 0.29) is 19.1 Å². The first kappa shape index (κ1) is 16.2. The zero-order valence-electron chi connectivity index (χ0n) is 10.1. The van der Waals surface area contributed by atoms with E-state index in [1.165, 1.54) is 18.2 Å². The molecule has 0 saturated heterocycles. The van der Waals surface area contributed by atoms with Crippen molar-refractivity contribution in [1.82, 2.24) is 10.3 Å². The molecule has 1 heterocycles. The molecule has 5 nitrogen and oxygen atoms in total. The Kier molecular flexibility index (Phi) is 4.84. The van der Waals surface area contributed by atoms with Gasteiger partial charge in [0, 0.05) is 0 Å². The Balaban J connectivity index is 2.14. The van der Waals surface area contributed by atoms with E-state index >= 15 is 0 Å². The predicted molar refractivity (Wildman–Crippen MR) is 78.5 cm³/mol. The lowest BCUT2D eigenvalue weighted by atomic mass is 10.2. The Bertz CT molecular complexity index is 793. The van der Waals surface area contributed by atoms with Gasteiger partial charge in [0.2, 0.25) is 0 Å². The summed E-state index contributed by atoms with van der Waals surface area (Å²) in [6, 6.07) is 6.30. The van der Waals surface area contributed by atoms with E-state index in [0.717, 1.165) is 23.5 Å². The standard InChI is InChI=1S/C11H7Cl2FN2O3S2/c12-9-5-8(10(13)20-9)21(18,19)16-15-11(17)6-3-1-2-4-7(6)14/h1-5,16H,(H,15,17). The summed E-state index contributed by atoms with van der Waals surface area (Å²) in [5.41, 5.74) is 1.60. The largest absolute Gasteiger partial charge is 0.273 e. The molecule has 0 aliphatic rings. The topological polar surface area (TPSA) is 75.3 Å². The minimum Gasteiger partial charge on any atom is -0.273 e. The van der Waals surface area contributed by atoms with E-state index in [2.05, 4.69) is 0 Å². The molecule has 2 rings (SSSR count). The van der Waals surface area contributed by atoms with Crippen LogP contribution in [0.25, 0.3) is 0 Å². The van der Waals surface area contributed by atoms with Crippen molar-refractivity contribution < 1.29 is 17.6 Å². The average molecular weight is 369 g/mol. The first-order valence-corrected chi connectivity index (χ1v) is 8.38. The van der Waals surface area contributed by atoms with Gasteiger partial charge in [-0.25, -0.2) is 12.8 Å². The Morgan fingerprint density at radius 1 is 1.24 bits per heavy atom. The lowest BCUT2D eigenvalue weighted by Crippen LogP contribution is -2.41. The van der Waals surface area contributed by atoms with Gasteiger partial charge in [-0.05, 0) is 18.2 Å². The van der Waals surface area contributed by atoms with Crippen molar-refractivity contribution in [3.05, 3.63) is 50.4 Å². The molecule has 0 aliphatic heterocycles. The van der Waals surface area contributed by atoms with Gasteiger partial charge in [-0.1, -0.05) is 35.3 Å². The van der Waals surface area contributed by atoms with Crippen molar-refractivity contribution >= 4 is 50.5 Å². The van der Waals surface area contributed by atoms with E-state index < -0.39 is 21.7 Å². The molecule has 2 aromatic rings. The summed E-state index contributed by atoms with van der Waals surface area (Å²) in [4.78, 5) is 13.3. The van der Waals surface area contributed by atoms with Crippen LogP contribution < -0.4 is 10.3 Å². The Labute approximate surface area is 133 Å². The highest BCUT2D eigenvalue weighted by Crippen LogP contribution is 2.33. The smallest absolute Gasteiger partial charge is 0.269 e. The first-order chi connectivity index (χ1) is 9.81. The third-order valence-electron chi connectivity index (χ3n) is 2.33. The van der Waals surface area contributed by atoms with Crippen molar-refractivity contribution in [3.63, 3.8) is 0 Å². The summed E-state index contributed by atoms with van der Waals surface area (Å²) < 4.78 is 37.4. The molecule has 2 N–H and O–H groups in total. The molecule has 0 atom stereocenters. The van der Waals surface area contributed by atoms with Gasteiger partial charge in [0.15, 0.2) is 0 Å². The van der Waals surface area contributed by atoms with Gasteiger partial charge in [0.05, 0.1) is 9.90 Å². The molecule has 0 saturated carbocycles. The van der Waals surface area contributed by atoms with Gasteiger partial charge in [-0.15, -0.1) is 16.2 Å². The van der Waals surface area contributed by atoms with Crippen molar-refractivity contribution in [3.8, 4) is 0 Å². The fourth-order valence-corrected chi connectivity index (χ4v) is 4.38. The molecule has 0 spiro atoms. The Hall–Kier alpha value is -1.19. The van der Waals surface area contributed by atoms with E-state index in [0.29, 0.717) is 0 Å². The summed E-state index contributed by atoms with van der Waals surface area (Å²) in [5.74, 6) is -1.71. The number of hydrogen-bond acceptors (Lipinski definition) is 4. The van der Waals surface area contributed by atoms with Gasteiger partial charge in [0.1, 0.15) is 15.0 Å². The summed E-state index contributed by atoms with van der Waals surface area (Å²) in [5, 5.41) is 0. The van der Waals surface area contributed by atoms with Gasteiger partial charge >= 0.3 is 0 Å². The number of hydrogen-bond donors (Lipinski definition) is 2. The molecule has 0 fully saturated rings. The van der Waals surface area contributed by atoms with Crippen LogP contribution in [0, 0.1) is 5.82 Å². The lowest BCUT2D eigenvalue weighted by molar-refractivity contribution is 0.0941. The molecule has 1 aromatic heterocycles. The molecular formula is C11H7Cl2FN2O3S2. The number of halogens is 3. The minimum absolute atomic E-state index is 0.0485. The summed E-state index contributed by atoms with van der Waals surface area (Å²) in [6.45, 7) is 0. The van der Waals surface area contributed by atoms with Gasteiger partial charge in [0.25, 0.3) is 15.9 Å². The van der Waals surface area contributed by atoms with Crippen molar-refractivity contribution in [2.45, 2.75) is 4.90 Å². The molecule has 21 heavy (non-hydrogen) atoms.